The highest BCUT2D eigenvalue weighted by atomic mass is 16.7. The van der Waals surface area contributed by atoms with Crippen molar-refractivity contribution in [3.05, 3.63) is 35.4 Å². The lowest BCUT2D eigenvalue weighted by molar-refractivity contribution is -0.141. The quantitative estimate of drug-likeness (QED) is 0.345. The second-order valence-electron chi connectivity index (χ2n) is 10.9. The van der Waals surface area contributed by atoms with Gasteiger partial charge in [-0.3, -0.25) is 28.9 Å². The van der Waals surface area contributed by atoms with Gasteiger partial charge in [0.15, 0.2) is 12.2 Å². The highest BCUT2D eigenvalue weighted by Gasteiger charge is 2.38. The summed E-state index contributed by atoms with van der Waals surface area (Å²) in [4.78, 5) is 62.7. The molecular weight excluding hydrogens is 476 g/mol. The number of rotatable bonds is 13. The Kier molecular flexibility index (Phi) is 11.5. The van der Waals surface area contributed by atoms with Gasteiger partial charge in [-0.15, -0.1) is 0 Å². The molecule has 206 valence electrons. The van der Waals surface area contributed by atoms with Crippen LogP contribution >= 0.6 is 0 Å². The van der Waals surface area contributed by atoms with Crippen LogP contribution in [0.1, 0.15) is 82.0 Å². The zero-order valence-electron chi connectivity index (χ0n) is 23.0. The highest BCUT2D eigenvalue weighted by Crippen LogP contribution is 2.22. The Morgan fingerprint density at radius 2 is 1.49 bits per heavy atom. The molecule has 1 aliphatic rings. The minimum absolute atomic E-state index is 0.0400. The predicted molar refractivity (Wildman–Crippen MR) is 139 cm³/mol. The summed E-state index contributed by atoms with van der Waals surface area (Å²) in [6.07, 6.45) is -0.599. The van der Waals surface area contributed by atoms with Gasteiger partial charge in [-0.1, -0.05) is 41.5 Å². The van der Waals surface area contributed by atoms with Crippen molar-refractivity contribution >= 4 is 23.6 Å². The van der Waals surface area contributed by atoms with E-state index in [0.29, 0.717) is 37.8 Å². The largest absolute Gasteiger partial charge is 0.354 e. The number of hydrogen-bond donors (Lipinski definition) is 3. The molecule has 0 aliphatic carbocycles. The zero-order valence-corrected chi connectivity index (χ0v) is 23.0. The first-order chi connectivity index (χ1) is 17.4. The molecule has 1 aromatic carbocycles. The monoisotopic (exact) mass is 518 g/mol. The molecule has 1 heterocycles. The van der Waals surface area contributed by atoms with Crippen LogP contribution in [0.3, 0.4) is 0 Å². The number of amides is 4. The predicted octanol–water partition coefficient (Wildman–Crippen LogP) is 2.84. The number of likely N-dealkylation sites (tertiary alicyclic amines) is 1. The Balaban J connectivity index is 1.89. The first kappa shape index (κ1) is 30.2. The van der Waals surface area contributed by atoms with Crippen molar-refractivity contribution in [3.63, 3.8) is 0 Å². The molecule has 10 nitrogen and oxygen atoms in total. The second kappa shape index (κ2) is 14.1. The van der Waals surface area contributed by atoms with E-state index in [0.717, 1.165) is 0 Å². The van der Waals surface area contributed by atoms with E-state index >= 15 is 0 Å². The van der Waals surface area contributed by atoms with Crippen molar-refractivity contribution in [1.29, 1.82) is 0 Å². The van der Waals surface area contributed by atoms with Gasteiger partial charge in [0.05, 0.1) is 0 Å². The summed E-state index contributed by atoms with van der Waals surface area (Å²) in [5.41, 5.74) is 5.21. The Morgan fingerprint density at radius 1 is 0.919 bits per heavy atom. The maximum Gasteiger partial charge on any atom is 0.274 e. The highest BCUT2D eigenvalue weighted by molar-refractivity contribution is 5.97. The average Bonchev–Trinajstić information content (AvgIpc) is 3.10. The van der Waals surface area contributed by atoms with Gasteiger partial charge in [0.25, 0.3) is 23.6 Å². The van der Waals surface area contributed by atoms with Crippen LogP contribution in [0.5, 0.6) is 0 Å². The van der Waals surface area contributed by atoms with Gasteiger partial charge < -0.3 is 10.2 Å². The molecule has 1 fully saturated rings. The van der Waals surface area contributed by atoms with Crippen LogP contribution in [0.25, 0.3) is 0 Å². The molecule has 4 amide bonds. The normalized spacial score (nSPS) is 18.4. The van der Waals surface area contributed by atoms with E-state index in [1.807, 2.05) is 48.5 Å². The number of nitrogens with zero attached hydrogens (tertiary/aromatic N) is 1. The molecule has 37 heavy (non-hydrogen) atoms. The lowest BCUT2D eigenvalue weighted by atomic mass is 10.1. The third-order valence-corrected chi connectivity index (χ3v) is 5.87. The Labute approximate surface area is 219 Å². The molecule has 3 N–H and O–H groups in total. The van der Waals surface area contributed by atoms with Crippen molar-refractivity contribution in [2.24, 2.45) is 17.8 Å². The standard InChI is InChI=1S/C27H42N4O6/c1-16(2)12-22(26(34)28-14-17(3)4)36-29-24(32)20-8-10-21(11-9-20)25(33)30-37-23-13-19(7)31(27(23)35)15-18(5)6/h8-11,16-19,22-23H,12-15H2,1-7H3,(H,28,34)(H,29,32)(H,30,33)/t19?,22-,23-/m1/s1. The zero-order chi connectivity index (χ0) is 27.7. The topological polar surface area (TPSA) is 126 Å². The molecule has 1 aliphatic heterocycles. The molecule has 2 rings (SSSR count). The molecular formula is C27H42N4O6. The average molecular weight is 519 g/mol. The van der Waals surface area contributed by atoms with Crippen LogP contribution < -0.4 is 16.3 Å². The Bertz CT molecular complexity index is 931. The number of hydrogen-bond acceptors (Lipinski definition) is 6. The van der Waals surface area contributed by atoms with Gasteiger partial charge in [0.1, 0.15) is 0 Å². The summed E-state index contributed by atoms with van der Waals surface area (Å²) in [7, 11) is 0. The number of carbonyl (C=O) groups excluding carboxylic acids is 4. The van der Waals surface area contributed by atoms with Gasteiger partial charge >= 0.3 is 0 Å². The van der Waals surface area contributed by atoms with Gasteiger partial charge in [0, 0.05) is 36.7 Å². The summed E-state index contributed by atoms with van der Waals surface area (Å²) in [5.74, 6) is -0.661. The molecule has 1 saturated heterocycles. The van der Waals surface area contributed by atoms with E-state index in [1.54, 1.807) is 4.90 Å². The maximum absolute atomic E-state index is 12.6. The van der Waals surface area contributed by atoms with Crippen molar-refractivity contribution in [2.45, 2.75) is 79.6 Å². The molecule has 0 spiro atoms. The van der Waals surface area contributed by atoms with E-state index in [4.69, 9.17) is 9.68 Å². The maximum atomic E-state index is 12.6. The molecule has 0 radical (unpaired) electrons. The second-order valence-corrected chi connectivity index (χ2v) is 10.9. The first-order valence-electron chi connectivity index (χ1n) is 13.0. The summed E-state index contributed by atoms with van der Waals surface area (Å²) in [6.45, 7) is 15.1. The summed E-state index contributed by atoms with van der Waals surface area (Å²) < 4.78 is 0. The van der Waals surface area contributed by atoms with Gasteiger partial charge in [-0.2, -0.15) is 0 Å². The summed E-state index contributed by atoms with van der Waals surface area (Å²) >= 11 is 0. The first-order valence-corrected chi connectivity index (χ1v) is 13.0. The van der Waals surface area contributed by atoms with E-state index in [9.17, 15) is 19.2 Å². The summed E-state index contributed by atoms with van der Waals surface area (Å²) in [6, 6.07) is 5.92. The third kappa shape index (κ3) is 9.44. The lowest BCUT2D eigenvalue weighted by Gasteiger charge is -2.23. The molecule has 3 atom stereocenters. The molecule has 1 aromatic rings. The molecule has 0 aromatic heterocycles. The van der Waals surface area contributed by atoms with Crippen LogP contribution in [0.15, 0.2) is 24.3 Å². The third-order valence-electron chi connectivity index (χ3n) is 5.87. The van der Waals surface area contributed by atoms with Crippen molar-refractivity contribution in [1.82, 2.24) is 21.2 Å². The minimum atomic E-state index is -0.817. The van der Waals surface area contributed by atoms with Crippen molar-refractivity contribution in [2.75, 3.05) is 13.1 Å². The smallest absolute Gasteiger partial charge is 0.274 e. The fourth-order valence-electron chi connectivity index (χ4n) is 3.90. The summed E-state index contributed by atoms with van der Waals surface area (Å²) in [5, 5.41) is 2.82. The van der Waals surface area contributed by atoms with Crippen molar-refractivity contribution in [3.8, 4) is 0 Å². The van der Waals surface area contributed by atoms with Crippen LogP contribution in [-0.2, 0) is 19.3 Å². The minimum Gasteiger partial charge on any atom is -0.354 e. The van der Waals surface area contributed by atoms with Crippen LogP contribution in [-0.4, -0.2) is 59.9 Å². The Hall–Kier alpha value is -2.98. The lowest BCUT2D eigenvalue weighted by Crippen LogP contribution is -2.42. The van der Waals surface area contributed by atoms with E-state index in [2.05, 4.69) is 16.3 Å². The van der Waals surface area contributed by atoms with E-state index < -0.39 is 24.0 Å². The molecule has 10 heteroatoms. The van der Waals surface area contributed by atoms with Crippen LogP contribution in [0.2, 0.25) is 0 Å². The van der Waals surface area contributed by atoms with E-state index in [1.165, 1.54) is 24.3 Å². The van der Waals surface area contributed by atoms with Gasteiger partial charge in [0.2, 0.25) is 0 Å². The number of hydroxylamine groups is 2. The van der Waals surface area contributed by atoms with Gasteiger partial charge in [-0.25, -0.2) is 11.0 Å². The van der Waals surface area contributed by atoms with E-state index in [-0.39, 0.29) is 34.9 Å². The van der Waals surface area contributed by atoms with Gasteiger partial charge in [-0.05, 0) is 55.4 Å². The number of benzene rings is 1. The SMILES string of the molecule is CC(C)CNC(=O)[C@@H](CC(C)C)ONC(=O)c1ccc(C(=O)NO[C@@H]2CC(C)N(CC(C)C)C2=O)cc1. The number of nitrogens with one attached hydrogen (secondary N) is 3. The fraction of sp³-hybridized carbons (Fsp3) is 0.630. The molecule has 0 bridgehead atoms. The fourth-order valence-corrected chi connectivity index (χ4v) is 3.90. The van der Waals surface area contributed by atoms with Crippen LogP contribution in [0.4, 0.5) is 0 Å². The molecule has 1 unspecified atom stereocenters. The number of carbonyl (C=O) groups is 4. The van der Waals surface area contributed by atoms with Crippen molar-refractivity contribution < 1.29 is 28.9 Å². The van der Waals surface area contributed by atoms with Crippen LogP contribution in [0, 0.1) is 17.8 Å². The Morgan fingerprint density at radius 3 is 2.00 bits per heavy atom. The molecule has 0 saturated carbocycles.